The Morgan fingerprint density at radius 2 is 1.53 bits per heavy atom. The molecule has 16 nitrogen and oxygen atoms in total. The zero-order chi connectivity index (χ0) is 50.6. The van der Waals surface area contributed by atoms with Gasteiger partial charge in [0, 0.05) is 50.2 Å². The highest BCUT2D eigenvalue weighted by atomic mass is 16.7. The van der Waals surface area contributed by atoms with E-state index in [2.05, 4.69) is 51.4 Å². The fourth-order valence-corrected chi connectivity index (χ4v) is 10.8. The fraction of sp³-hybridized carbons (Fsp3) is 0.593. The molecule has 3 fully saturated rings. The number of azide groups is 1. The molecule has 3 aromatic rings. The van der Waals surface area contributed by atoms with Gasteiger partial charge in [-0.25, -0.2) is 9.59 Å². The van der Waals surface area contributed by atoms with Crippen LogP contribution < -0.4 is 5.32 Å². The number of hydrogen-bond donors (Lipinski definition) is 1. The summed E-state index contributed by atoms with van der Waals surface area (Å²) < 4.78 is 39.5. The summed E-state index contributed by atoms with van der Waals surface area (Å²) in [5, 5.41) is 7.32. The topological polar surface area (TPSA) is 191 Å². The molecule has 0 bridgehead atoms. The smallest absolute Gasteiger partial charge is 0.410 e. The first-order chi connectivity index (χ1) is 33.5. The highest BCUT2D eigenvalue weighted by molar-refractivity contribution is 6.00. The zero-order valence-electron chi connectivity index (χ0n) is 42.4. The van der Waals surface area contributed by atoms with Crippen molar-refractivity contribution in [1.82, 2.24) is 15.1 Å². The summed E-state index contributed by atoms with van der Waals surface area (Å²) in [5.41, 5.74) is 8.85. The molecule has 3 aliphatic rings. The molecular weight excluding hydrogens is 893 g/mol. The number of carbonyl (C=O) groups is 4. The fourth-order valence-electron chi connectivity index (χ4n) is 10.8. The second kappa shape index (κ2) is 24.7. The van der Waals surface area contributed by atoms with Crippen LogP contribution in [0.4, 0.5) is 4.79 Å². The molecule has 2 unspecified atom stereocenters. The quantitative estimate of drug-likeness (QED) is 0.0273. The van der Waals surface area contributed by atoms with Gasteiger partial charge in [-0.2, -0.15) is 0 Å². The van der Waals surface area contributed by atoms with Gasteiger partial charge in [-0.05, 0) is 108 Å². The highest BCUT2D eigenvalue weighted by Gasteiger charge is 2.59. The van der Waals surface area contributed by atoms with Crippen molar-refractivity contribution in [3.8, 4) is 0 Å². The lowest BCUT2D eigenvalue weighted by molar-refractivity contribution is -0.296. The first kappa shape index (κ1) is 54.0. The average molecular weight is 967 g/mol. The predicted octanol–water partition coefficient (Wildman–Crippen LogP) is 9.06. The Morgan fingerprint density at radius 1 is 0.914 bits per heavy atom. The van der Waals surface area contributed by atoms with E-state index in [0.29, 0.717) is 70.4 Å². The SMILES string of the molecule is CC[C@H]1OC(=O)[C@H](C)C(=O)[C@H](C)[C@@H](O[C@@H]2O[C@H](C)CC(N(Cc3ccccc3)Cc3ccccc3)C2OC(=O)c2ccccc2)[C@](C)(OC)C[C@@H](C)CN[C@H](C)[C@H]2N(CCCCN=[N+]=[N-])C(=O)O[C@]12C. The Labute approximate surface area is 413 Å². The van der Waals surface area contributed by atoms with Gasteiger partial charge in [0.2, 0.25) is 0 Å². The third-order valence-corrected chi connectivity index (χ3v) is 14.5. The predicted molar refractivity (Wildman–Crippen MR) is 264 cm³/mol. The van der Waals surface area contributed by atoms with E-state index in [1.165, 1.54) is 6.92 Å². The van der Waals surface area contributed by atoms with Crippen molar-refractivity contribution in [2.24, 2.45) is 22.9 Å². The first-order valence-electron chi connectivity index (χ1n) is 24.9. The van der Waals surface area contributed by atoms with E-state index in [1.807, 2.05) is 70.2 Å². The lowest BCUT2D eigenvalue weighted by Crippen LogP contribution is -2.61. The van der Waals surface area contributed by atoms with Crippen molar-refractivity contribution < 1.29 is 47.6 Å². The summed E-state index contributed by atoms with van der Waals surface area (Å²) in [7, 11) is 1.59. The number of rotatable bonds is 16. The van der Waals surface area contributed by atoms with Crippen LogP contribution in [0.1, 0.15) is 109 Å². The number of hydrogen-bond acceptors (Lipinski definition) is 13. The van der Waals surface area contributed by atoms with E-state index in [1.54, 1.807) is 50.1 Å². The number of ether oxygens (including phenoxy) is 6. The number of benzene rings is 3. The summed E-state index contributed by atoms with van der Waals surface area (Å²) in [6.45, 7) is 17.0. The van der Waals surface area contributed by atoms with Crippen LogP contribution in [-0.2, 0) is 51.1 Å². The van der Waals surface area contributed by atoms with Crippen molar-refractivity contribution in [3.63, 3.8) is 0 Å². The lowest BCUT2D eigenvalue weighted by atomic mass is 9.78. The molecule has 13 atom stereocenters. The number of Topliss-reactive ketones (excluding diaryl/α,β-unsaturated/α-hetero) is 1. The van der Waals surface area contributed by atoms with Gasteiger partial charge in [0.15, 0.2) is 23.8 Å². The minimum absolute atomic E-state index is 0.0948. The van der Waals surface area contributed by atoms with Gasteiger partial charge in [-0.3, -0.25) is 19.4 Å². The van der Waals surface area contributed by atoms with Crippen LogP contribution in [0.3, 0.4) is 0 Å². The van der Waals surface area contributed by atoms with Crippen molar-refractivity contribution in [1.29, 1.82) is 0 Å². The second-order valence-corrected chi connectivity index (χ2v) is 19.9. The molecule has 0 aromatic heterocycles. The molecule has 0 saturated carbocycles. The molecule has 3 saturated heterocycles. The summed E-state index contributed by atoms with van der Waals surface area (Å²) in [6.07, 6.45) is -2.69. The van der Waals surface area contributed by atoms with E-state index in [-0.39, 0.29) is 18.1 Å². The molecule has 16 heteroatoms. The molecule has 1 N–H and O–H groups in total. The van der Waals surface area contributed by atoms with Gasteiger partial charge < -0.3 is 33.7 Å². The van der Waals surface area contributed by atoms with Gasteiger partial charge in [0.1, 0.15) is 12.0 Å². The van der Waals surface area contributed by atoms with Gasteiger partial charge in [0.05, 0.1) is 35.5 Å². The molecule has 0 spiro atoms. The number of methoxy groups -OCH3 is 1. The number of fused-ring (bicyclic) bond motifs is 1. The highest BCUT2D eigenvalue weighted by Crippen LogP contribution is 2.41. The van der Waals surface area contributed by atoms with Crippen LogP contribution in [0.2, 0.25) is 0 Å². The normalized spacial score (nSPS) is 32.2. The number of unbranched alkanes of at least 4 members (excludes halogenated alkanes) is 1. The zero-order valence-corrected chi connectivity index (χ0v) is 42.4. The van der Waals surface area contributed by atoms with Crippen LogP contribution >= 0.6 is 0 Å². The Kier molecular flexibility index (Phi) is 19.0. The van der Waals surface area contributed by atoms with Crippen LogP contribution in [0.15, 0.2) is 96.1 Å². The molecule has 6 rings (SSSR count). The van der Waals surface area contributed by atoms with Crippen molar-refractivity contribution in [3.05, 3.63) is 118 Å². The number of ketones is 1. The summed E-state index contributed by atoms with van der Waals surface area (Å²) in [6, 6.07) is 27.8. The number of nitrogens with zero attached hydrogens (tertiary/aromatic N) is 5. The number of nitrogens with one attached hydrogen (secondary N) is 1. The van der Waals surface area contributed by atoms with E-state index in [4.69, 9.17) is 34.0 Å². The number of amides is 1. The molecule has 0 radical (unpaired) electrons. The molecule has 0 aliphatic carbocycles. The molecule has 70 heavy (non-hydrogen) atoms. The summed E-state index contributed by atoms with van der Waals surface area (Å²) in [5.74, 6) is -4.08. The number of carbonyl (C=O) groups excluding carboxylic acids is 4. The van der Waals surface area contributed by atoms with Gasteiger partial charge in [-0.1, -0.05) is 105 Å². The number of cyclic esters (lactones) is 1. The standard InChI is InChI=1S/C54H74N6O10/c1-10-44-54(8)47(60(52(64)70-54)29-21-20-28-57-58-55)39(6)56-32-35(2)31-53(7,65-9)48(37(4)45(61)38(5)49(62)67-44)69-51-46(68-50(63)42-26-18-13-19-27-42)43(30-36(3)66-51)59(33-40-22-14-11-15-23-40)34-41-24-16-12-17-25-41/h11-19,22-27,35-39,43-44,46-48,51,56H,10,20-21,28-34H2,1-9H3/t35-,36-,37+,38-,39-,43?,44-,46?,47-,48-,51+,53-,54-/m1/s1. The van der Waals surface area contributed by atoms with Crippen LogP contribution in [0.5, 0.6) is 0 Å². The average Bonchev–Trinajstić information content (AvgIpc) is 3.62. The van der Waals surface area contributed by atoms with Gasteiger partial charge >= 0.3 is 18.0 Å². The monoisotopic (exact) mass is 967 g/mol. The summed E-state index contributed by atoms with van der Waals surface area (Å²) >= 11 is 0. The molecule has 3 aromatic carbocycles. The Bertz CT molecular complexity index is 2190. The van der Waals surface area contributed by atoms with Gasteiger partial charge in [-0.15, -0.1) is 0 Å². The van der Waals surface area contributed by atoms with Crippen molar-refractivity contribution in [2.45, 2.75) is 161 Å². The molecule has 1 amide bonds. The van der Waals surface area contributed by atoms with Crippen LogP contribution in [-0.4, -0.2) is 120 Å². The Hall–Kier alpha value is -5.35. The largest absolute Gasteiger partial charge is 0.458 e. The second-order valence-electron chi connectivity index (χ2n) is 19.9. The third kappa shape index (κ3) is 12.9. The maximum atomic E-state index is 15.0. The maximum Gasteiger partial charge on any atom is 0.410 e. The maximum absolute atomic E-state index is 15.0. The Morgan fingerprint density at radius 3 is 2.11 bits per heavy atom. The van der Waals surface area contributed by atoms with Gasteiger partial charge in [0.25, 0.3) is 0 Å². The summed E-state index contributed by atoms with van der Waals surface area (Å²) in [4.78, 5) is 64.1. The molecule has 3 aliphatic heterocycles. The van der Waals surface area contributed by atoms with Crippen LogP contribution in [0, 0.1) is 17.8 Å². The van der Waals surface area contributed by atoms with Crippen LogP contribution in [0.25, 0.3) is 10.4 Å². The Balaban J connectivity index is 1.39. The van der Waals surface area contributed by atoms with Crippen molar-refractivity contribution in [2.75, 3.05) is 26.7 Å². The molecule has 3 heterocycles. The third-order valence-electron chi connectivity index (χ3n) is 14.5. The van der Waals surface area contributed by atoms with E-state index < -0.39 is 83.5 Å². The molecule has 380 valence electrons. The van der Waals surface area contributed by atoms with E-state index in [9.17, 15) is 19.2 Å². The lowest BCUT2D eigenvalue weighted by Gasteiger charge is -2.48. The van der Waals surface area contributed by atoms with E-state index in [0.717, 1.165) is 11.1 Å². The number of esters is 2. The minimum Gasteiger partial charge on any atom is -0.458 e. The van der Waals surface area contributed by atoms with E-state index >= 15 is 0 Å². The van der Waals surface area contributed by atoms with Crippen molar-refractivity contribution >= 4 is 23.8 Å². The first-order valence-corrected chi connectivity index (χ1v) is 24.9. The minimum atomic E-state index is -1.28. The molecular formula is C54H74N6O10.